The van der Waals surface area contributed by atoms with Crippen molar-refractivity contribution in [2.24, 2.45) is 5.73 Å². The average molecular weight is 285 g/mol. The van der Waals surface area contributed by atoms with Crippen LogP contribution in [-0.4, -0.2) is 20.1 Å². The van der Waals surface area contributed by atoms with Gasteiger partial charge in [-0.2, -0.15) is 0 Å². The molecule has 5 nitrogen and oxygen atoms in total. The Morgan fingerprint density at radius 1 is 1.24 bits per heavy atom. The third kappa shape index (κ3) is 3.45. The molecule has 0 atom stereocenters. The van der Waals surface area contributed by atoms with Gasteiger partial charge in [0, 0.05) is 19.3 Å². The van der Waals surface area contributed by atoms with Gasteiger partial charge < -0.3 is 21.1 Å². The van der Waals surface area contributed by atoms with Gasteiger partial charge in [0.1, 0.15) is 5.75 Å². The van der Waals surface area contributed by atoms with Gasteiger partial charge in [0.15, 0.2) is 0 Å². The van der Waals surface area contributed by atoms with Gasteiger partial charge in [-0.1, -0.05) is 12.1 Å². The second-order valence-electron chi connectivity index (χ2n) is 4.85. The van der Waals surface area contributed by atoms with E-state index in [0.717, 1.165) is 11.3 Å². The normalized spacial score (nSPS) is 10.2. The molecule has 5 heteroatoms. The predicted octanol–water partition coefficient (Wildman–Crippen LogP) is 2.01. The van der Waals surface area contributed by atoms with Crippen LogP contribution >= 0.6 is 0 Å². The zero-order chi connectivity index (χ0) is 15.4. The molecule has 2 rings (SSSR count). The van der Waals surface area contributed by atoms with Gasteiger partial charge >= 0.3 is 0 Å². The third-order valence-corrected chi connectivity index (χ3v) is 3.25. The molecule has 0 aliphatic rings. The smallest absolute Gasteiger partial charge is 0.250 e. The number of carbonyl (C=O) groups excluding carboxylic acids is 1. The summed E-state index contributed by atoms with van der Waals surface area (Å²) >= 11 is 0. The van der Waals surface area contributed by atoms with Crippen molar-refractivity contribution in [1.82, 2.24) is 0 Å². The maximum absolute atomic E-state index is 11.5. The van der Waals surface area contributed by atoms with Crippen molar-refractivity contribution in [2.45, 2.75) is 6.54 Å². The van der Waals surface area contributed by atoms with E-state index in [1.165, 1.54) is 0 Å². The second kappa shape index (κ2) is 6.17. The monoisotopic (exact) mass is 285 g/mol. The molecule has 0 aliphatic heterocycles. The largest absolute Gasteiger partial charge is 0.497 e. The van der Waals surface area contributed by atoms with Gasteiger partial charge in [-0.15, -0.1) is 0 Å². The summed E-state index contributed by atoms with van der Waals surface area (Å²) in [5, 5.41) is 0. The summed E-state index contributed by atoms with van der Waals surface area (Å²) in [7, 11) is 3.52. The van der Waals surface area contributed by atoms with Gasteiger partial charge in [0.2, 0.25) is 0 Å². The van der Waals surface area contributed by atoms with E-state index in [4.69, 9.17) is 16.2 Å². The molecule has 1 amide bonds. The maximum atomic E-state index is 11.5. The quantitative estimate of drug-likeness (QED) is 0.823. The van der Waals surface area contributed by atoms with E-state index < -0.39 is 5.91 Å². The highest BCUT2D eigenvalue weighted by Crippen LogP contribution is 2.24. The van der Waals surface area contributed by atoms with Crippen LogP contribution in [0.1, 0.15) is 15.9 Å². The highest BCUT2D eigenvalue weighted by Gasteiger charge is 2.13. The van der Waals surface area contributed by atoms with Crippen molar-refractivity contribution < 1.29 is 9.53 Å². The number of anilines is 2. The van der Waals surface area contributed by atoms with Crippen molar-refractivity contribution in [3.8, 4) is 5.75 Å². The molecule has 21 heavy (non-hydrogen) atoms. The van der Waals surface area contributed by atoms with Crippen LogP contribution in [0.4, 0.5) is 11.4 Å². The van der Waals surface area contributed by atoms with Crippen LogP contribution in [-0.2, 0) is 6.54 Å². The lowest BCUT2D eigenvalue weighted by molar-refractivity contribution is 0.100. The molecule has 0 saturated heterocycles. The van der Waals surface area contributed by atoms with E-state index in [2.05, 4.69) is 0 Å². The number of hydrogen-bond acceptors (Lipinski definition) is 4. The van der Waals surface area contributed by atoms with Gasteiger partial charge in [-0.3, -0.25) is 4.79 Å². The van der Waals surface area contributed by atoms with Crippen molar-refractivity contribution in [3.05, 3.63) is 53.6 Å². The number of benzene rings is 2. The molecule has 2 aromatic carbocycles. The zero-order valence-corrected chi connectivity index (χ0v) is 12.2. The minimum Gasteiger partial charge on any atom is -0.497 e. The fourth-order valence-corrected chi connectivity index (χ4v) is 2.20. The van der Waals surface area contributed by atoms with Gasteiger partial charge in [0.25, 0.3) is 5.91 Å². The number of methoxy groups -OCH3 is 1. The van der Waals surface area contributed by atoms with Crippen LogP contribution < -0.4 is 21.1 Å². The molecule has 0 radical (unpaired) electrons. The molecule has 0 unspecified atom stereocenters. The lowest BCUT2D eigenvalue weighted by atomic mass is 10.1. The molecule has 0 spiro atoms. The second-order valence-corrected chi connectivity index (χ2v) is 4.85. The Balaban J connectivity index is 2.29. The van der Waals surface area contributed by atoms with E-state index in [1.807, 2.05) is 36.2 Å². The van der Waals surface area contributed by atoms with Crippen molar-refractivity contribution >= 4 is 17.3 Å². The van der Waals surface area contributed by atoms with E-state index >= 15 is 0 Å². The van der Waals surface area contributed by atoms with Crippen LogP contribution in [0.15, 0.2) is 42.5 Å². The Morgan fingerprint density at radius 3 is 2.67 bits per heavy atom. The predicted molar refractivity (Wildman–Crippen MR) is 84.5 cm³/mol. The molecular formula is C16H19N3O2. The number of rotatable bonds is 5. The van der Waals surface area contributed by atoms with Gasteiger partial charge in [-0.25, -0.2) is 0 Å². The lowest BCUT2D eigenvalue weighted by Crippen LogP contribution is -2.22. The van der Waals surface area contributed by atoms with Gasteiger partial charge in [-0.05, 0) is 35.9 Å². The van der Waals surface area contributed by atoms with Gasteiger partial charge in [0.05, 0.1) is 18.4 Å². The maximum Gasteiger partial charge on any atom is 0.250 e. The first-order valence-electron chi connectivity index (χ1n) is 6.54. The molecule has 0 aliphatic carbocycles. The van der Waals surface area contributed by atoms with E-state index in [0.29, 0.717) is 23.5 Å². The molecule has 2 aromatic rings. The van der Waals surface area contributed by atoms with Crippen LogP contribution in [0.25, 0.3) is 0 Å². The highest BCUT2D eigenvalue weighted by molar-refractivity contribution is 5.99. The first-order chi connectivity index (χ1) is 10.0. The first-order valence-corrected chi connectivity index (χ1v) is 6.54. The van der Waals surface area contributed by atoms with Crippen LogP contribution in [0.5, 0.6) is 5.75 Å². The SMILES string of the molecule is COc1cccc(CN(C)c2cc(N)ccc2C(N)=O)c1. The number of hydrogen-bond donors (Lipinski definition) is 2. The number of nitrogens with two attached hydrogens (primary N) is 2. The Hall–Kier alpha value is -2.69. The minimum absolute atomic E-state index is 0.453. The Labute approximate surface area is 124 Å². The Kier molecular flexibility index (Phi) is 4.33. The number of carbonyl (C=O) groups is 1. The van der Waals surface area contributed by atoms with Crippen LogP contribution in [0.2, 0.25) is 0 Å². The topological polar surface area (TPSA) is 81.6 Å². The molecule has 110 valence electrons. The number of ether oxygens (including phenoxy) is 1. The highest BCUT2D eigenvalue weighted by atomic mass is 16.5. The van der Waals surface area contributed by atoms with Crippen molar-refractivity contribution in [2.75, 3.05) is 24.8 Å². The molecule has 0 aromatic heterocycles. The van der Waals surface area contributed by atoms with E-state index in [9.17, 15) is 4.79 Å². The van der Waals surface area contributed by atoms with Crippen LogP contribution in [0, 0.1) is 0 Å². The zero-order valence-electron chi connectivity index (χ0n) is 12.2. The Bertz CT molecular complexity index is 656. The van der Waals surface area contributed by atoms with Crippen molar-refractivity contribution in [3.63, 3.8) is 0 Å². The molecular weight excluding hydrogens is 266 g/mol. The molecule has 0 saturated carbocycles. The average Bonchev–Trinajstić information content (AvgIpc) is 2.47. The fourth-order valence-electron chi connectivity index (χ4n) is 2.20. The van der Waals surface area contributed by atoms with Crippen LogP contribution in [0.3, 0.4) is 0 Å². The summed E-state index contributed by atoms with van der Waals surface area (Å²) in [5.74, 6) is 0.325. The summed E-state index contributed by atoms with van der Waals surface area (Å²) < 4.78 is 5.21. The minimum atomic E-state index is -0.470. The summed E-state index contributed by atoms with van der Waals surface area (Å²) in [5.41, 5.74) is 14.0. The molecule has 0 heterocycles. The fraction of sp³-hybridized carbons (Fsp3) is 0.188. The first kappa shape index (κ1) is 14.7. The standard InChI is InChI=1S/C16H19N3O2/c1-19(10-11-4-3-5-13(8-11)21-2)15-9-12(17)6-7-14(15)16(18)20/h3-9H,10,17H2,1-2H3,(H2,18,20). The summed E-state index contributed by atoms with van der Waals surface area (Å²) in [6.45, 7) is 0.612. The van der Waals surface area contributed by atoms with E-state index in [1.54, 1.807) is 25.3 Å². The Morgan fingerprint density at radius 2 is 2.00 bits per heavy atom. The van der Waals surface area contributed by atoms with E-state index in [-0.39, 0.29) is 0 Å². The number of nitrogen functional groups attached to an aromatic ring is 1. The van der Waals surface area contributed by atoms with Crippen molar-refractivity contribution in [1.29, 1.82) is 0 Å². The summed E-state index contributed by atoms with van der Waals surface area (Å²) in [6.07, 6.45) is 0. The number of amides is 1. The number of nitrogens with zero attached hydrogens (tertiary/aromatic N) is 1. The third-order valence-electron chi connectivity index (χ3n) is 3.25. The lowest BCUT2D eigenvalue weighted by Gasteiger charge is -2.22. The molecule has 4 N–H and O–H groups in total. The molecule has 0 fully saturated rings. The summed E-state index contributed by atoms with van der Waals surface area (Å²) in [6, 6.07) is 12.8. The molecule has 0 bridgehead atoms. The number of primary amides is 1. The summed E-state index contributed by atoms with van der Waals surface area (Å²) in [4.78, 5) is 13.5.